The largest absolute Gasteiger partial charge is 0.506 e. The zero-order valence-electron chi connectivity index (χ0n) is 10.8. The number of hydrogen-bond donors (Lipinski definition) is 1. The number of hydrogen-bond acceptors (Lipinski definition) is 3. The van der Waals surface area contributed by atoms with Crippen molar-refractivity contribution in [2.45, 2.75) is 6.18 Å². The van der Waals surface area contributed by atoms with Gasteiger partial charge in [-0.1, -0.05) is 23.2 Å². The summed E-state index contributed by atoms with van der Waals surface area (Å²) in [5, 5.41) is 9.21. The Morgan fingerprint density at radius 3 is 2.23 bits per heavy atom. The molecule has 0 saturated carbocycles. The number of nitrogens with zero attached hydrogens (tertiary/aromatic N) is 2. The Labute approximate surface area is 130 Å². The summed E-state index contributed by atoms with van der Waals surface area (Å²) in [4.78, 5) is 23.9. The van der Waals surface area contributed by atoms with E-state index in [1.54, 1.807) is 0 Å². The van der Waals surface area contributed by atoms with E-state index in [9.17, 15) is 27.9 Å². The molecule has 0 aliphatic carbocycles. The molecule has 0 amide bonds. The van der Waals surface area contributed by atoms with Crippen LogP contribution in [0.3, 0.4) is 0 Å². The molecular formula is C12H7Cl2F3N2O3. The molecule has 1 aromatic heterocycles. The first-order chi connectivity index (χ1) is 10.0. The second-order valence-electron chi connectivity index (χ2n) is 4.30. The van der Waals surface area contributed by atoms with Crippen molar-refractivity contribution < 1.29 is 18.3 Å². The lowest BCUT2D eigenvalue weighted by Gasteiger charge is -2.14. The van der Waals surface area contributed by atoms with Crippen LogP contribution in [0.5, 0.6) is 5.75 Å². The van der Waals surface area contributed by atoms with Crippen LogP contribution in [-0.2, 0) is 13.2 Å². The van der Waals surface area contributed by atoms with Gasteiger partial charge in [0.2, 0.25) is 0 Å². The van der Waals surface area contributed by atoms with Gasteiger partial charge in [0, 0.05) is 19.2 Å². The van der Waals surface area contributed by atoms with E-state index in [1.165, 1.54) is 0 Å². The molecule has 0 radical (unpaired) electrons. The van der Waals surface area contributed by atoms with Crippen molar-refractivity contribution in [3.63, 3.8) is 0 Å². The smallest absolute Gasteiger partial charge is 0.431 e. The normalized spacial score (nSPS) is 11.7. The number of halogens is 5. The summed E-state index contributed by atoms with van der Waals surface area (Å²) < 4.78 is 38.9. The van der Waals surface area contributed by atoms with E-state index in [0.29, 0.717) is 4.57 Å². The van der Waals surface area contributed by atoms with E-state index in [-0.39, 0.29) is 26.4 Å². The van der Waals surface area contributed by atoms with Gasteiger partial charge in [-0.3, -0.25) is 9.36 Å². The average molecular weight is 355 g/mol. The molecule has 0 spiro atoms. The minimum absolute atomic E-state index is 0.134. The van der Waals surface area contributed by atoms with Crippen LogP contribution in [0, 0.1) is 0 Å². The molecule has 2 rings (SSSR count). The van der Waals surface area contributed by atoms with E-state index in [0.717, 1.165) is 19.2 Å². The predicted octanol–water partition coefficient (Wildman–Crippen LogP) is 2.57. The summed E-state index contributed by atoms with van der Waals surface area (Å²) in [7, 11) is 0.866. The Hall–Kier alpha value is -1.93. The Morgan fingerprint density at radius 2 is 1.68 bits per heavy atom. The minimum Gasteiger partial charge on any atom is -0.506 e. The van der Waals surface area contributed by atoms with Crippen molar-refractivity contribution in [2.75, 3.05) is 0 Å². The molecule has 0 saturated heterocycles. The van der Waals surface area contributed by atoms with Crippen molar-refractivity contribution in [2.24, 2.45) is 7.05 Å². The third-order valence-corrected chi connectivity index (χ3v) is 3.47. The first-order valence-corrected chi connectivity index (χ1v) is 6.38. The van der Waals surface area contributed by atoms with Crippen LogP contribution >= 0.6 is 23.2 Å². The SMILES string of the molecule is Cn1c(C(F)(F)F)cc(=O)n(-c2cc(O)c(Cl)cc2Cl)c1=O. The fraction of sp³-hybridized carbons (Fsp3) is 0.167. The van der Waals surface area contributed by atoms with Gasteiger partial charge in [0.05, 0.1) is 15.7 Å². The van der Waals surface area contributed by atoms with Crippen LogP contribution in [0.25, 0.3) is 5.69 Å². The van der Waals surface area contributed by atoms with Crippen LogP contribution in [0.15, 0.2) is 27.8 Å². The Morgan fingerprint density at radius 1 is 1.09 bits per heavy atom. The predicted molar refractivity (Wildman–Crippen MR) is 74.0 cm³/mol. The van der Waals surface area contributed by atoms with Gasteiger partial charge in [0.1, 0.15) is 11.4 Å². The lowest BCUT2D eigenvalue weighted by atomic mass is 10.3. The van der Waals surface area contributed by atoms with Gasteiger partial charge in [0.15, 0.2) is 0 Å². The molecule has 1 N–H and O–H groups in total. The summed E-state index contributed by atoms with van der Waals surface area (Å²) in [6.07, 6.45) is -4.86. The number of phenolic OH excluding ortho intramolecular Hbond substituents is 1. The molecule has 0 fully saturated rings. The van der Waals surface area contributed by atoms with Crippen molar-refractivity contribution in [1.29, 1.82) is 0 Å². The van der Waals surface area contributed by atoms with E-state index in [2.05, 4.69) is 0 Å². The van der Waals surface area contributed by atoms with Crippen molar-refractivity contribution in [1.82, 2.24) is 9.13 Å². The van der Waals surface area contributed by atoms with Crippen LogP contribution < -0.4 is 11.2 Å². The number of benzene rings is 1. The molecule has 1 aromatic carbocycles. The molecule has 2 aromatic rings. The van der Waals surface area contributed by atoms with Crippen molar-refractivity contribution in [3.8, 4) is 11.4 Å². The summed E-state index contributed by atoms with van der Waals surface area (Å²) in [6.45, 7) is 0. The van der Waals surface area contributed by atoms with Crippen LogP contribution in [0.4, 0.5) is 13.2 Å². The lowest BCUT2D eigenvalue weighted by Crippen LogP contribution is -2.40. The summed E-state index contributed by atoms with van der Waals surface area (Å²) >= 11 is 11.5. The highest BCUT2D eigenvalue weighted by molar-refractivity contribution is 6.36. The standard InChI is InChI=1S/C12H7Cl2F3N2O3/c1-18-9(12(15,16)17)4-10(21)19(11(18)22)7-3-8(20)6(14)2-5(7)13/h2-4,20H,1H3. The molecule has 118 valence electrons. The zero-order chi connectivity index (χ0) is 16.8. The molecule has 0 bridgehead atoms. The molecule has 5 nitrogen and oxygen atoms in total. The van der Waals surface area contributed by atoms with Gasteiger partial charge in [-0.05, 0) is 6.07 Å². The average Bonchev–Trinajstić information content (AvgIpc) is 2.38. The molecule has 0 aliphatic rings. The lowest BCUT2D eigenvalue weighted by molar-refractivity contribution is -0.144. The molecule has 0 atom stereocenters. The van der Waals surface area contributed by atoms with E-state index >= 15 is 0 Å². The third kappa shape index (κ3) is 2.71. The number of rotatable bonds is 1. The Bertz CT molecular complexity index is 872. The number of aromatic nitrogens is 2. The highest BCUT2D eigenvalue weighted by Crippen LogP contribution is 2.31. The fourth-order valence-electron chi connectivity index (χ4n) is 1.82. The molecule has 0 unspecified atom stereocenters. The summed E-state index contributed by atoms with van der Waals surface area (Å²) in [5.74, 6) is -0.477. The maximum atomic E-state index is 12.7. The summed E-state index contributed by atoms with van der Waals surface area (Å²) in [5.41, 5.74) is -4.17. The maximum Gasteiger partial charge on any atom is 0.431 e. The minimum atomic E-state index is -4.86. The van der Waals surface area contributed by atoms with Crippen molar-refractivity contribution in [3.05, 3.63) is 54.8 Å². The number of phenols is 1. The monoisotopic (exact) mass is 354 g/mol. The number of aromatic hydroxyl groups is 1. The van der Waals surface area contributed by atoms with E-state index in [4.69, 9.17) is 23.2 Å². The molecule has 1 heterocycles. The van der Waals surface area contributed by atoms with Gasteiger partial charge in [0.25, 0.3) is 5.56 Å². The maximum absolute atomic E-state index is 12.7. The second kappa shape index (κ2) is 5.36. The van der Waals surface area contributed by atoms with Crippen LogP contribution in [0.2, 0.25) is 10.0 Å². The fourth-order valence-corrected chi connectivity index (χ4v) is 2.28. The highest BCUT2D eigenvalue weighted by Gasteiger charge is 2.35. The van der Waals surface area contributed by atoms with Gasteiger partial charge < -0.3 is 5.11 Å². The van der Waals surface area contributed by atoms with Crippen molar-refractivity contribution >= 4 is 23.2 Å². The Kier molecular flexibility index (Phi) is 4.01. The van der Waals surface area contributed by atoms with E-state index < -0.39 is 28.9 Å². The summed E-state index contributed by atoms with van der Waals surface area (Å²) in [6, 6.07) is 2.25. The molecule has 0 aliphatic heterocycles. The molecule has 22 heavy (non-hydrogen) atoms. The molecular weight excluding hydrogens is 348 g/mol. The van der Waals surface area contributed by atoms with Crippen LogP contribution in [0.1, 0.15) is 5.69 Å². The Balaban J connectivity index is 2.85. The van der Waals surface area contributed by atoms with E-state index in [1.807, 2.05) is 0 Å². The highest BCUT2D eigenvalue weighted by atomic mass is 35.5. The molecule has 10 heteroatoms. The quantitative estimate of drug-likeness (QED) is 0.855. The van der Waals surface area contributed by atoms with Crippen LogP contribution in [-0.4, -0.2) is 14.2 Å². The first kappa shape index (κ1) is 16.4. The third-order valence-electron chi connectivity index (χ3n) is 2.87. The van der Waals surface area contributed by atoms with Gasteiger partial charge in [-0.15, -0.1) is 0 Å². The van der Waals surface area contributed by atoms with Gasteiger partial charge in [-0.25, -0.2) is 9.36 Å². The first-order valence-electron chi connectivity index (χ1n) is 5.62. The number of alkyl halides is 3. The van der Waals surface area contributed by atoms with Gasteiger partial charge >= 0.3 is 11.9 Å². The second-order valence-corrected chi connectivity index (χ2v) is 5.11. The topological polar surface area (TPSA) is 64.2 Å². The van der Waals surface area contributed by atoms with Gasteiger partial charge in [-0.2, -0.15) is 13.2 Å². The zero-order valence-corrected chi connectivity index (χ0v) is 12.3.